The molecule has 0 bridgehead atoms. The number of hydrogen-bond acceptors (Lipinski definition) is 5. The van der Waals surface area contributed by atoms with Crippen LogP contribution in [0.5, 0.6) is 0 Å². The summed E-state index contributed by atoms with van der Waals surface area (Å²) in [7, 11) is 3.79. The van der Waals surface area contributed by atoms with Crippen molar-refractivity contribution >= 4 is 11.9 Å². The molecular weight excluding hydrogens is 190 g/mol. The van der Waals surface area contributed by atoms with Crippen molar-refractivity contribution in [2.24, 2.45) is 0 Å². The van der Waals surface area contributed by atoms with E-state index in [-0.39, 0.29) is 0 Å². The van der Waals surface area contributed by atoms with E-state index in [0.717, 1.165) is 18.7 Å². The van der Waals surface area contributed by atoms with E-state index in [0.29, 0.717) is 11.9 Å². The van der Waals surface area contributed by atoms with Gasteiger partial charge in [0.15, 0.2) is 0 Å². The fraction of sp³-hybridized carbons (Fsp3) is 0.700. The molecule has 1 aromatic rings. The summed E-state index contributed by atoms with van der Waals surface area (Å²) in [6.45, 7) is 2.17. The Morgan fingerprint density at radius 3 is 2.47 bits per heavy atom. The van der Waals surface area contributed by atoms with Crippen molar-refractivity contribution in [2.75, 3.05) is 24.7 Å². The van der Waals surface area contributed by atoms with Crippen LogP contribution in [0.2, 0.25) is 0 Å². The number of unbranched alkanes of at least 4 members (excludes halogenated alkanes) is 2. The summed E-state index contributed by atoms with van der Waals surface area (Å²) in [5.74, 6) is 1.73. The van der Waals surface area contributed by atoms with Gasteiger partial charge in [0.05, 0.1) is 0 Å². The highest BCUT2D eigenvalue weighted by molar-refractivity contribution is 5.32. The zero-order valence-electron chi connectivity index (χ0n) is 9.69. The maximum atomic E-state index is 5.61. The lowest BCUT2D eigenvalue weighted by atomic mass is 10.2. The van der Waals surface area contributed by atoms with Gasteiger partial charge in [0.1, 0.15) is 5.82 Å². The van der Waals surface area contributed by atoms with Crippen LogP contribution in [0.15, 0.2) is 0 Å². The molecule has 0 aliphatic carbocycles. The van der Waals surface area contributed by atoms with Gasteiger partial charge in [-0.1, -0.05) is 19.8 Å². The smallest absolute Gasteiger partial charge is 0.229 e. The Balaban J connectivity index is 2.71. The van der Waals surface area contributed by atoms with E-state index in [1.807, 2.05) is 19.0 Å². The molecule has 0 radical (unpaired) electrons. The van der Waals surface area contributed by atoms with Gasteiger partial charge in [0.25, 0.3) is 0 Å². The Labute approximate surface area is 90.7 Å². The average molecular weight is 209 g/mol. The van der Waals surface area contributed by atoms with Gasteiger partial charge in [0, 0.05) is 20.5 Å². The van der Waals surface area contributed by atoms with Crippen LogP contribution in [0.3, 0.4) is 0 Å². The average Bonchev–Trinajstić information content (AvgIpc) is 2.17. The molecule has 0 aliphatic rings. The fourth-order valence-corrected chi connectivity index (χ4v) is 1.27. The van der Waals surface area contributed by atoms with Gasteiger partial charge in [-0.15, -0.1) is 0 Å². The Bertz CT molecular complexity index is 311. The number of aryl methyl sites for hydroxylation is 1. The SMILES string of the molecule is CCCCCc1nc(N)nc(N(C)C)n1. The van der Waals surface area contributed by atoms with Crippen molar-refractivity contribution < 1.29 is 0 Å². The molecule has 0 saturated heterocycles. The number of aromatic nitrogens is 3. The van der Waals surface area contributed by atoms with Crippen LogP contribution in [0.1, 0.15) is 32.0 Å². The molecule has 0 spiro atoms. The van der Waals surface area contributed by atoms with Crippen LogP contribution >= 0.6 is 0 Å². The molecule has 5 nitrogen and oxygen atoms in total. The van der Waals surface area contributed by atoms with Crippen molar-refractivity contribution in [3.8, 4) is 0 Å². The summed E-state index contributed by atoms with van der Waals surface area (Å²) in [4.78, 5) is 14.3. The van der Waals surface area contributed by atoms with Crippen LogP contribution in [-0.2, 0) is 6.42 Å². The van der Waals surface area contributed by atoms with Crippen LogP contribution in [0.4, 0.5) is 11.9 Å². The molecule has 1 heterocycles. The monoisotopic (exact) mass is 209 g/mol. The summed E-state index contributed by atoms with van der Waals surface area (Å²) in [6, 6.07) is 0. The summed E-state index contributed by atoms with van der Waals surface area (Å²) in [6.07, 6.45) is 4.37. The minimum atomic E-state index is 0.306. The third kappa shape index (κ3) is 3.69. The molecule has 2 N–H and O–H groups in total. The Hall–Kier alpha value is -1.39. The normalized spacial score (nSPS) is 10.3. The number of anilines is 2. The highest BCUT2D eigenvalue weighted by atomic mass is 15.3. The molecule has 1 aromatic heterocycles. The lowest BCUT2D eigenvalue weighted by Crippen LogP contribution is -2.16. The molecule has 0 saturated carbocycles. The first-order valence-electron chi connectivity index (χ1n) is 5.31. The van der Waals surface area contributed by atoms with Crippen molar-refractivity contribution in [3.05, 3.63) is 5.82 Å². The van der Waals surface area contributed by atoms with E-state index >= 15 is 0 Å². The number of rotatable bonds is 5. The van der Waals surface area contributed by atoms with E-state index in [2.05, 4.69) is 21.9 Å². The maximum Gasteiger partial charge on any atom is 0.229 e. The minimum Gasteiger partial charge on any atom is -0.368 e. The molecule has 1 rings (SSSR count). The quantitative estimate of drug-likeness (QED) is 0.739. The highest BCUT2D eigenvalue weighted by Crippen LogP contribution is 2.08. The minimum absolute atomic E-state index is 0.306. The lowest BCUT2D eigenvalue weighted by Gasteiger charge is -2.11. The maximum absolute atomic E-state index is 5.61. The van der Waals surface area contributed by atoms with Crippen molar-refractivity contribution in [1.29, 1.82) is 0 Å². The molecule has 5 heteroatoms. The van der Waals surface area contributed by atoms with Gasteiger partial charge in [-0.3, -0.25) is 0 Å². The predicted octanol–water partition coefficient (Wildman–Crippen LogP) is 1.25. The largest absolute Gasteiger partial charge is 0.368 e. The lowest BCUT2D eigenvalue weighted by molar-refractivity contribution is 0.690. The Kier molecular flexibility index (Phi) is 4.27. The third-order valence-corrected chi connectivity index (χ3v) is 2.09. The number of nitrogens with two attached hydrogens (primary N) is 1. The standard InChI is InChI=1S/C10H19N5/c1-4-5-6-7-8-12-9(11)14-10(13-8)15(2)3/h4-7H2,1-3H3,(H2,11,12,13,14). The Morgan fingerprint density at radius 2 is 1.87 bits per heavy atom. The van der Waals surface area contributed by atoms with Gasteiger partial charge in [-0.25, -0.2) is 0 Å². The zero-order chi connectivity index (χ0) is 11.3. The van der Waals surface area contributed by atoms with Gasteiger partial charge in [-0.2, -0.15) is 15.0 Å². The first-order chi connectivity index (χ1) is 7.13. The molecular formula is C10H19N5. The second-order valence-electron chi connectivity index (χ2n) is 3.76. The molecule has 0 atom stereocenters. The predicted molar refractivity (Wildman–Crippen MR) is 61.8 cm³/mol. The topological polar surface area (TPSA) is 67.9 Å². The van der Waals surface area contributed by atoms with E-state index in [1.165, 1.54) is 12.8 Å². The molecule has 0 unspecified atom stereocenters. The van der Waals surface area contributed by atoms with Crippen LogP contribution in [0.25, 0.3) is 0 Å². The number of hydrogen-bond donors (Lipinski definition) is 1. The number of nitrogen functional groups attached to an aromatic ring is 1. The van der Waals surface area contributed by atoms with Gasteiger partial charge < -0.3 is 10.6 Å². The summed E-state index contributed by atoms with van der Waals surface area (Å²) < 4.78 is 0. The fourth-order valence-electron chi connectivity index (χ4n) is 1.27. The van der Waals surface area contributed by atoms with Crippen LogP contribution in [-0.4, -0.2) is 29.0 Å². The molecule has 0 aromatic carbocycles. The second-order valence-corrected chi connectivity index (χ2v) is 3.76. The van der Waals surface area contributed by atoms with E-state index in [4.69, 9.17) is 5.73 Å². The first kappa shape index (κ1) is 11.7. The van der Waals surface area contributed by atoms with Crippen LogP contribution < -0.4 is 10.6 Å². The summed E-state index contributed by atoms with van der Waals surface area (Å²) in [5, 5.41) is 0. The van der Waals surface area contributed by atoms with Crippen molar-refractivity contribution in [3.63, 3.8) is 0 Å². The first-order valence-corrected chi connectivity index (χ1v) is 5.31. The second kappa shape index (κ2) is 5.48. The van der Waals surface area contributed by atoms with E-state index in [1.54, 1.807) is 0 Å². The summed E-state index contributed by atoms with van der Waals surface area (Å²) >= 11 is 0. The third-order valence-electron chi connectivity index (χ3n) is 2.09. The van der Waals surface area contributed by atoms with Crippen molar-refractivity contribution in [1.82, 2.24) is 15.0 Å². The van der Waals surface area contributed by atoms with Crippen molar-refractivity contribution in [2.45, 2.75) is 32.6 Å². The molecule has 0 aliphatic heterocycles. The molecule has 0 fully saturated rings. The van der Waals surface area contributed by atoms with Gasteiger partial charge >= 0.3 is 0 Å². The Morgan fingerprint density at radius 1 is 1.13 bits per heavy atom. The van der Waals surface area contributed by atoms with E-state index in [9.17, 15) is 0 Å². The molecule has 15 heavy (non-hydrogen) atoms. The van der Waals surface area contributed by atoms with Gasteiger partial charge in [-0.05, 0) is 6.42 Å². The van der Waals surface area contributed by atoms with E-state index < -0.39 is 0 Å². The summed E-state index contributed by atoms with van der Waals surface area (Å²) in [5.41, 5.74) is 5.61. The molecule has 84 valence electrons. The molecule has 0 amide bonds. The van der Waals surface area contributed by atoms with Crippen LogP contribution in [0, 0.1) is 0 Å². The number of nitrogens with zero attached hydrogens (tertiary/aromatic N) is 4. The van der Waals surface area contributed by atoms with Gasteiger partial charge in [0.2, 0.25) is 11.9 Å². The zero-order valence-corrected chi connectivity index (χ0v) is 9.69. The highest BCUT2D eigenvalue weighted by Gasteiger charge is 2.05.